The molecule has 2 aliphatic rings. The van der Waals surface area contributed by atoms with Gasteiger partial charge in [0.05, 0.1) is 16.8 Å². The van der Waals surface area contributed by atoms with Crippen LogP contribution in [-0.4, -0.2) is 52.2 Å². The fraction of sp³-hybridized carbons (Fsp3) is 0.421. The Hall–Kier alpha value is -3.69. The molecule has 0 spiro atoms. The van der Waals surface area contributed by atoms with E-state index in [-0.39, 0.29) is 0 Å². The first kappa shape index (κ1) is 31.9. The molecule has 5 aromatic rings. The third kappa shape index (κ3) is 7.90. The van der Waals surface area contributed by atoms with Crippen molar-refractivity contribution >= 4 is 45.0 Å². The molecule has 0 aliphatic heterocycles. The molecule has 2 aliphatic carbocycles. The van der Waals surface area contributed by atoms with Crippen LogP contribution in [0.2, 0.25) is 0 Å². The second-order valence-electron chi connectivity index (χ2n) is 12.9. The van der Waals surface area contributed by atoms with Crippen LogP contribution < -0.4 is 14.5 Å². The molecular formula is C38H44N6OS2. The normalized spacial score (nSPS) is 16.0. The fourth-order valence-corrected chi connectivity index (χ4v) is 8.57. The first-order valence-corrected chi connectivity index (χ1v) is 18.8. The summed E-state index contributed by atoms with van der Waals surface area (Å²) in [4.78, 5) is 25.7. The van der Waals surface area contributed by atoms with E-state index in [9.17, 15) is 0 Å². The van der Waals surface area contributed by atoms with E-state index in [4.69, 9.17) is 24.7 Å². The lowest BCUT2D eigenvalue weighted by Gasteiger charge is -2.41. The maximum atomic E-state index is 6.34. The molecule has 7 rings (SSSR count). The summed E-state index contributed by atoms with van der Waals surface area (Å²) in [5.74, 6) is 0.794. The molecule has 47 heavy (non-hydrogen) atoms. The van der Waals surface area contributed by atoms with Crippen molar-refractivity contribution in [3.8, 4) is 16.6 Å². The number of anilines is 2. The van der Waals surface area contributed by atoms with E-state index in [1.165, 1.54) is 74.5 Å². The highest BCUT2D eigenvalue weighted by molar-refractivity contribution is 7.99. The highest BCUT2D eigenvalue weighted by atomic mass is 32.2. The summed E-state index contributed by atoms with van der Waals surface area (Å²) >= 11 is 3.32. The Kier molecular flexibility index (Phi) is 10.2. The molecule has 0 bridgehead atoms. The molecular weight excluding hydrogens is 621 g/mol. The minimum absolute atomic E-state index is 0.417. The van der Waals surface area contributed by atoms with Gasteiger partial charge in [-0.25, -0.2) is 4.98 Å². The van der Waals surface area contributed by atoms with Crippen molar-refractivity contribution in [1.29, 1.82) is 0 Å². The molecule has 7 nitrogen and oxygen atoms in total. The van der Waals surface area contributed by atoms with Crippen molar-refractivity contribution in [3.05, 3.63) is 78.4 Å². The Balaban J connectivity index is 1.08. The third-order valence-corrected chi connectivity index (χ3v) is 11.4. The maximum Gasteiger partial charge on any atom is 0.322 e. The first-order chi connectivity index (χ1) is 23.1. The second kappa shape index (κ2) is 15.0. The number of aromatic nitrogens is 4. The average molecular weight is 665 g/mol. The van der Waals surface area contributed by atoms with E-state index in [1.807, 2.05) is 6.07 Å². The average Bonchev–Trinajstić information content (AvgIpc) is 3.55. The number of para-hydroxylation sites is 1. The molecule has 3 aromatic carbocycles. The van der Waals surface area contributed by atoms with Crippen LogP contribution in [0, 0.1) is 6.92 Å². The Morgan fingerprint density at radius 3 is 2.13 bits per heavy atom. The second-order valence-corrected chi connectivity index (χ2v) is 15.0. The van der Waals surface area contributed by atoms with E-state index in [0.29, 0.717) is 36.4 Å². The van der Waals surface area contributed by atoms with Gasteiger partial charge in [-0.05, 0) is 92.9 Å². The van der Waals surface area contributed by atoms with E-state index in [1.54, 1.807) is 23.1 Å². The van der Waals surface area contributed by atoms with Crippen LogP contribution in [0.1, 0.15) is 69.8 Å². The van der Waals surface area contributed by atoms with Gasteiger partial charge in [-0.2, -0.15) is 15.0 Å². The van der Waals surface area contributed by atoms with Crippen molar-refractivity contribution in [2.45, 2.75) is 93.3 Å². The lowest BCUT2D eigenvalue weighted by Crippen LogP contribution is -2.46. The zero-order valence-corrected chi connectivity index (χ0v) is 29.1. The van der Waals surface area contributed by atoms with Crippen LogP contribution in [0.15, 0.2) is 82.8 Å². The van der Waals surface area contributed by atoms with Crippen LogP contribution in [0.4, 0.5) is 11.6 Å². The number of thiazole rings is 1. The number of fused-ring (bicyclic) bond motifs is 1. The van der Waals surface area contributed by atoms with Gasteiger partial charge in [-0.15, -0.1) is 11.3 Å². The monoisotopic (exact) mass is 664 g/mol. The number of nitrogens with zero attached hydrogens (tertiary/aromatic N) is 6. The summed E-state index contributed by atoms with van der Waals surface area (Å²) < 4.78 is 7.55. The Bertz CT molecular complexity index is 1700. The lowest BCUT2D eigenvalue weighted by atomic mass is 9.89. The quantitative estimate of drug-likeness (QED) is 0.138. The minimum atomic E-state index is 0.417. The summed E-state index contributed by atoms with van der Waals surface area (Å²) in [6.07, 6.45) is 12.6. The zero-order chi connectivity index (χ0) is 32.0. The summed E-state index contributed by atoms with van der Waals surface area (Å²) in [5, 5.41) is 1.74. The molecule has 9 heteroatoms. The van der Waals surface area contributed by atoms with E-state index >= 15 is 0 Å². The maximum absolute atomic E-state index is 6.34. The molecule has 0 radical (unpaired) electrons. The number of aryl methyl sites for hydroxylation is 1. The zero-order valence-electron chi connectivity index (χ0n) is 27.5. The van der Waals surface area contributed by atoms with Gasteiger partial charge in [0.2, 0.25) is 11.1 Å². The molecule has 2 fully saturated rings. The lowest BCUT2D eigenvalue weighted by molar-refractivity contribution is 0.291. The Labute approximate surface area is 286 Å². The van der Waals surface area contributed by atoms with Gasteiger partial charge in [0, 0.05) is 35.3 Å². The predicted octanol–water partition coefficient (Wildman–Crippen LogP) is 9.59. The number of ether oxygens (including phenoxy) is 1. The smallest absolute Gasteiger partial charge is 0.322 e. The molecule has 0 N–H and O–H groups in total. The predicted molar refractivity (Wildman–Crippen MR) is 195 cm³/mol. The summed E-state index contributed by atoms with van der Waals surface area (Å²) in [6.45, 7) is 3.29. The van der Waals surface area contributed by atoms with Crippen molar-refractivity contribution in [2.75, 3.05) is 30.0 Å². The van der Waals surface area contributed by atoms with E-state index in [2.05, 4.69) is 90.5 Å². The third-order valence-electron chi connectivity index (χ3n) is 9.49. The van der Waals surface area contributed by atoms with Gasteiger partial charge >= 0.3 is 6.01 Å². The van der Waals surface area contributed by atoms with Crippen molar-refractivity contribution in [2.24, 2.45) is 0 Å². The molecule has 0 unspecified atom stereocenters. The van der Waals surface area contributed by atoms with E-state index in [0.717, 1.165) is 32.6 Å². The molecule has 0 saturated heterocycles. The highest BCUT2D eigenvalue weighted by Crippen LogP contribution is 2.35. The molecule has 2 saturated carbocycles. The summed E-state index contributed by atoms with van der Waals surface area (Å²) in [6, 6.07) is 26.9. The topological polar surface area (TPSA) is 67.3 Å². The number of rotatable bonds is 11. The SMILES string of the molecule is Cc1ccc(Sc2nc(OCCN(C)c3ccc(-c4nc5ccccc5s4)cc3)nc(N(C3CCCCC3)C3CCCCC3)n2)cc1. The Morgan fingerprint density at radius 1 is 0.766 bits per heavy atom. The first-order valence-electron chi connectivity index (χ1n) is 17.2. The molecule has 2 aromatic heterocycles. The van der Waals surface area contributed by atoms with E-state index < -0.39 is 0 Å². The number of likely N-dealkylation sites (N-methyl/N-ethyl adjacent to an activating group) is 1. The minimum Gasteiger partial charge on any atom is -0.461 e. The van der Waals surface area contributed by atoms with Crippen LogP contribution in [-0.2, 0) is 0 Å². The number of hydrogen-bond donors (Lipinski definition) is 0. The summed E-state index contributed by atoms with van der Waals surface area (Å²) in [5.41, 5.74) is 4.56. The van der Waals surface area contributed by atoms with Gasteiger partial charge in [-0.3, -0.25) is 0 Å². The molecule has 0 amide bonds. The van der Waals surface area contributed by atoms with Crippen LogP contribution in [0.3, 0.4) is 0 Å². The van der Waals surface area contributed by atoms with Gasteiger partial charge in [0.15, 0.2) is 0 Å². The van der Waals surface area contributed by atoms with Gasteiger partial charge in [0.1, 0.15) is 11.6 Å². The highest BCUT2D eigenvalue weighted by Gasteiger charge is 2.32. The number of hydrogen-bond acceptors (Lipinski definition) is 9. The van der Waals surface area contributed by atoms with Crippen molar-refractivity contribution in [1.82, 2.24) is 19.9 Å². The standard InChI is InChI=1S/C38H44N6OS2/c1-27-17-23-32(24-18-27)46-38-41-36(44(30-11-5-3-6-12-30)31-13-7-4-8-14-31)40-37(42-38)45-26-25-43(2)29-21-19-28(20-22-29)35-39-33-15-9-10-16-34(33)47-35/h9-10,15-24,30-31H,3-8,11-14,25-26H2,1-2H3. The van der Waals surface area contributed by atoms with Crippen molar-refractivity contribution < 1.29 is 4.74 Å². The Morgan fingerprint density at radius 2 is 1.45 bits per heavy atom. The van der Waals surface area contributed by atoms with Gasteiger partial charge < -0.3 is 14.5 Å². The molecule has 2 heterocycles. The van der Waals surface area contributed by atoms with Crippen LogP contribution >= 0.6 is 23.1 Å². The number of benzene rings is 3. The van der Waals surface area contributed by atoms with Gasteiger partial charge in [0.25, 0.3) is 0 Å². The van der Waals surface area contributed by atoms with Crippen LogP contribution in [0.5, 0.6) is 6.01 Å². The van der Waals surface area contributed by atoms with Crippen molar-refractivity contribution in [3.63, 3.8) is 0 Å². The fourth-order valence-electron chi connectivity index (χ4n) is 6.87. The van der Waals surface area contributed by atoms with Crippen LogP contribution in [0.25, 0.3) is 20.8 Å². The van der Waals surface area contributed by atoms with Gasteiger partial charge in [-0.1, -0.05) is 68.4 Å². The molecule has 244 valence electrons. The molecule has 0 atom stereocenters. The largest absolute Gasteiger partial charge is 0.461 e. The summed E-state index contributed by atoms with van der Waals surface area (Å²) in [7, 11) is 2.10.